The second-order valence-corrected chi connectivity index (χ2v) is 9.04. The minimum absolute atomic E-state index is 0.0986. The van der Waals surface area contributed by atoms with Crippen LogP contribution in [0.3, 0.4) is 0 Å². The predicted octanol–water partition coefficient (Wildman–Crippen LogP) is 3.24. The average molecular weight is 405 g/mol. The number of aryl methyl sites for hydroxylation is 1. The van der Waals surface area contributed by atoms with Gasteiger partial charge in [-0.15, -0.1) is 0 Å². The van der Waals surface area contributed by atoms with Gasteiger partial charge in [-0.05, 0) is 51.0 Å². The van der Waals surface area contributed by atoms with Gasteiger partial charge in [0.05, 0.1) is 9.82 Å². The van der Waals surface area contributed by atoms with Gasteiger partial charge in [-0.2, -0.15) is 0 Å². The Kier molecular flexibility index (Phi) is 6.52. The van der Waals surface area contributed by atoms with Crippen LogP contribution in [-0.2, 0) is 21.2 Å². The van der Waals surface area contributed by atoms with Crippen LogP contribution in [0.25, 0.3) is 0 Å². The van der Waals surface area contributed by atoms with Crippen LogP contribution >= 0.6 is 0 Å². The van der Waals surface area contributed by atoms with Gasteiger partial charge >= 0.3 is 0 Å². The number of nitro benzene ring substituents is 1. The molecular formula is C19H23N3O5S. The molecule has 9 heteroatoms. The monoisotopic (exact) mass is 405 g/mol. The van der Waals surface area contributed by atoms with Gasteiger partial charge in [0.15, 0.2) is 0 Å². The number of hydrogen-bond acceptors (Lipinski definition) is 5. The Labute approximate surface area is 164 Å². The minimum Gasteiger partial charge on any atom is -0.326 e. The van der Waals surface area contributed by atoms with Crippen molar-refractivity contribution in [2.24, 2.45) is 0 Å². The number of carbonyl (C=O) groups is 1. The van der Waals surface area contributed by atoms with E-state index in [9.17, 15) is 23.3 Å². The molecule has 0 aliphatic rings. The van der Waals surface area contributed by atoms with Crippen LogP contribution in [0.5, 0.6) is 0 Å². The van der Waals surface area contributed by atoms with Crippen molar-refractivity contribution < 1.29 is 18.1 Å². The summed E-state index contributed by atoms with van der Waals surface area (Å²) in [5.41, 5.74) is 0.485. The first-order chi connectivity index (χ1) is 13.0. The summed E-state index contributed by atoms with van der Waals surface area (Å²) < 4.78 is 27.1. The molecule has 1 amide bonds. The highest BCUT2D eigenvalue weighted by Gasteiger charge is 2.21. The molecule has 0 aliphatic heterocycles. The molecule has 0 aromatic heterocycles. The lowest BCUT2D eigenvalue weighted by molar-refractivity contribution is -0.384. The highest BCUT2D eigenvalue weighted by atomic mass is 32.2. The van der Waals surface area contributed by atoms with Crippen molar-refractivity contribution in [1.29, 1.82) is 0 Å². The van der Waals surface area contributed by atoms with Gasteiger partial charge in [0.25, 0.3) is 5.69 Å². The quantitative estimate of drug-likeness (QED) is 0.541. The molecule has 0 unspecified atom stereocenters. The molecule has 2 aromatic carbocycles. The first-order valence-corrected chi connectivity index (χ1v) is 10.1. The number of non-ortho nitro benzene ring substituents is 1. The van der Waals surface area contributed by atoms with Crippen LogP contribution in [0.2, 0.25) is 0 Å². The zero-order chi connectivity index (χ0) is 20.9. The molecule has 0 aliphatic carbocycles. The van der Waals surface area contributed by atoms with Gasteiger partial charge in [-0.3, -0.25) is 14.9 Å². The van der Waals surface area contributed by atoms with E-state index in [2.05, 4.69) is 10.0 Å². The van der Waals surface area contributed by atoms with Crippen molar-refractivity contribution in [3.05, 3.63) is 64.2 Å². The third-order valence-electron chi connectivity index (χ3n) is 3.66. The number of sulfonamides is 1. The van der Waals surface area contributed by atoms with Crippen molar-refractivity contribution >= 4 is 27.3 Å². The summed E-state index contributed by atoms with van der Waals surface area (Å²) in [7, 11) is -3.60. The topological polar surface area (TPSA) is 118 Å². The van der Waals surface area contributed by atoms with E-state index in [4.69, 9.17) is 0 Å². The lowest BCUT2D eigenvalue weighted by Gasteiger charge is -2.20. The van der Waals surface area contributed by atoms with Crippen LogP contribution in [0.4, 0.5) is 11.4 Å². The second kappa shape index (κ2) is 8.49. The van der Waals surface area contributed by atoms with E-state index in [0.717, 1.165) is 5.56 Å². The van der Waals surface area contributed by atoms with Crippen LogP contribution in [-0.4, -0.2) is 24.8 Å². The predicted molar refractivity (Wildman–Crippen MR) is 107 cm³/mol. The Bertz CT molecular complexity index is 964. The number of nitrogens with zero attached hydrogens (tertiary/aromatic N) is 1. The number of amides is 1. The SMILES string of the molecule is CC(C)(C)NS(=O)(=O)c1ccc(CCC(=O)Nc2cccc([N+](=O)[O-])c2)cc1. The third-order valence-corrected chi connectivity index (χ3v) is 5.43. The fourth-order valence-corrected chi connectivity index (χ4v) is 3.89. The van der Waals surface area contributed by atoms with Crippen LogP contribution in [0, 0.1) is 10.1 Å². The number of benzene rings is 2. The first kappa shape index (κ1) is 21.5. The van der Waals surface area contributed by atoms with Gasteiger partial charge in [-0.1, -0.05) is 18.2 Å². The smallest absolute Gasteiger partial charge is 0.271 e. The number of anilines is 1. The molecule has 2 rings (SSSR count). The zero-order valence-electron chi connectivity index (χ0n) is 15.9. The van der Waals surface area contributed by atoms with E-state index in [0.29, 0.717) is 12.1 Å². The Morgan fingerprint density at radius 1 is 1.11 bits per heavy atom. The summed E-state index contributed by atoms with van der Waals surface area (Å²) in [5, 5.41) is 13.4. The number of carbonyl (C=O) groups excluding carboxylic acids is 1. The normalized spacial score (nSPS) is 11.8. The molecule has 0 saturated carbocycles. The molecule has 0 heterocycles. The van der Waals surface area contributed by atoms with E-state index >= 15 is 0 Å². The van der Waals surface area contributed by atoms with E-state index in [-0.39, 0.29) is 22.9 Å². The molecule has 0 saturated heterocycles. The molecule has 0 radical (unpaired) electrons. The highest BCUT2D eigenvalue weighted by molar-refractivity contribution is 7.89. The fraction of sp³-hybridized carbons (Fsp3) is 0.316. The molecular weight excluding hydrogens is 382 g/mol. The molecule has 0 bridgehead atoms. The maximum atomic E-state index is 12.3. The molecule has 2 N–H and O–H groups in total. The first-order valence-electron chi connectivity index (χ1n) is 8.63. The molecule has 0 spiro atoms. The van der Waals surface area contributed by atoms with E-state index in [1.54, 1.807) is 39.0 Å². The molecule has 150 valence electrons. The van der Waals surface area contributed by atoms with Crippen LogP contribution in [0.1, 0.15) is 32.8 Å². The van der Waals surface area contributed by atoms with Crippen molar-refractivity contribution in [2.45, 2.75) is 44.0 Å². The van der Waals surface area contributed by atoms with Crippen molar-refractivity contribution in [3.8, 4) is 0 Å². The lowest BCUT2D eigenvalue weighted by Crippen LogP contribution is -2.40. The maximum absolute atomic E-state index is 12.3. The van der Waals surface area contributed by atoms with Crippen LogP contribution < -0.4 is 10.0 Å². The van der Waals surface area contributed by atoms with Gasteiger partial charge in [0.2, 0.25) is 15.9 Å². The summed E-state index contributed by atoms with van der Waals surface area (Å²) in [6.07, 6.45) is 0.572. The zero-order valence-corrected chi connectivity index (χ0v) is 16.7. The van der Waals surface area contributed by atoms with E-state index in [1.165, 1.54) is 30.3 Å². The van der Waals surface area contributed by atoms with Gasteiger partial charge in [-0.25, -0.2) is 13.1 Å². The van der Waals surface area contributed by atoms with Gasteiger partial charge in [0.1, 0.15) is 0 Å². The molecule has 28 heavy (non-hydrogen) atoms. The maximum Gasteiger partial charge on any atom is 0.271 e. The Morgan fingerprint density at radius 3 is 2.32 bits per heavy atom. The molecule has 0 fully saturated rings. The standard InChI is InChI=1S/C19H23N3O5S/c1-19(2,3)21-28(26,27)17-10-7-14(8-11-17)9-12-18(23)20-15-5-4-6-16(13-15)22(24)25/h4-8,10-11,13,21H,9,12H2,1-3H3,(H,20,23). The Hall–Kier alpha value is -2.78. The average Bonchev–Trinajstić information content (AvgIpc) is 2.58. The third kappa shape index (κ3) is 6.43. The molecule has 2 aromatic rings. The number of hydrogen-bond donors (Lipinski definition) is 2. The summed E-state index contributed by atoms with van der Waals surface area (Å²) in [4.78, 5) is 22.5. The van der Waals surface area contributed by atoms with Gasteiger partial charge in [0, 0.05) is 29.8 Å². The number of rotatable bonds is 7. The minimum atomic E-state index is -3.60. The lowest BCUT2D eigenvalue weighted by atomic mass is 10.1. The van der Waals surface area contributed by atoms with Crippen molar-refractivity contribution in [1.82, 2.24) is 4.72 Å². The molecule has 8 nitrogen and oxygen atoms in total. The Morgan fingerprint density at radius 2 is 1.75 bits per heavy atom. The summed E-state index contributed by atoms with van der Waals surface area (Å²) in [5.74, 6) is -0.286. The van der Waals surface area contributed by atoms with Crippen LogP contribution in [0.15, 0.2) is 53.4 Å². The van der Waals surface area contributed by atoms with Crippen molar-refractivity contribution in [3.63, 3.8) is 0 Å². The summed E-state index contributed by atoms with van der Waals surface area (Å²) >= 11 is 0. The summed E-state index contributed by atoms with van der Waals surface area (Å²) in [6.45, 7) is 5.29. The fourth-order valence-electron chi connectivity index (χ4n) is 2.48. The number of nitro groups is 1. The Balaban J connectivity index is 1.95. The second-order valence-electron chi connectivity index (χ2n) is 7.36. The van der Waals surface area contributed by atoms with Crippen molar-refractivity contribution in [2.75, 3.05) is 5.32 Å². The van der Waals surface area contributed by atoms with E-state index in [1.807, 2.05) is 0 Å². The highest BCUT2D eigenvalue weighted by Crippen LogP contribution is 2.18. The largest absolute Gasteiger partial charge is 0.326 e. The summed E-state index contributed by atoms with van der Waals surface area (Å²) in [6, 6.07) is 12.0. The molecule has 0 atom stereocenters. The van der Waals surface area contributed by atoms with E-state index < -0.39 is 20.5 Å². The number of nitrogens with one attached hydrogen (secondary N) is 2. The van der Waals surface area contributed by atoms with Gasteiger partial charge < -0.3 is 5.32 Å².